The van der Waals surface area contributed by atoms with E-state index in [-0.39, 0.29) is 6.10 Å². The number of thiocarbonyl (C=S) groups is 1. The van der Waals surface area contributed by atoms with Crippen molar-refractivity contribution < 1.29 is 5.11 Å². The molecule has 1 aliphatic heterocycles. The van der Waals surface area contributed by atoms with Gasteiger partial charge in [-0.2, -0.15) is 0 Å². The smallest absolute Gasteiger partial charge is 0.0740 e. The maximum absolute atomic E-state index is 9.16. The molecule has 1 aliphatic rings. The Bertz CT molecular complexity index is 151. The molecule has 3 nitrogen and oxygen atoms in total. The number of hydrogen-bond acceptors (Lipinski definition) is 3. The van der Waals surface area contributed by atoms with E-state index in [2.05, 4.69) is 4.90 Å². The Labute approximate surface area is 72.2 Å². The number of hydrogen-bond donors (Lipinski definition) is 2. The molecule has 1 rings (SSSR count). The van der Waals surface area contributed by atoms with Crippen LogP contribution in [0.15, 0.2) is 0 Å². The van der Waals surface area contributed by atoms with Gasteiger partial charge in [0.1, 0.15) is 0 Å². The molecule has 0 aromatic rings. The van der Waals surface area contributed by atoms with Gasteiger partial charge < -0.3 is 15.7 Å². The Morgan fingerprint density at radius 2 is 2.45 bits per heavy atom. The van der Waals surface area contributed by atoms with Crippen LogP contribution in [0.1, 0.15) is 12.8 Å². The molecule has 0 radical (unpaired) electrons. The number of likely N-dealkylation sites (tertiary alicyclic amines) is 1. The summed E-state index contributed by atoms with van der Waals surface area (Å²) in [6.07, 6.45) is 1.51. The van der Waals surface area contributed by atoms with Gasteiger partial charge in [-0.1, -0.05) is 12.2 Å². The van der Waals surface area contributed by atoms with E-state index in [0.29, 0.717) is 4.99 Å². The lowest BCUT2D eigenvalue weighted by molar-refractivity contribution is 0.177. The molecule has 1 heterocycles. The molecule has 0 amide bonds. The summed E-state index contributed by atoms with van der Waals surface area (Å²) in [5, 5.41) is 9.16. The predicted molar refractivity (Wildman–Crippen MR) is 48.5 cm³/mol. The molecule has 11 heavy (non-hydrogen) atoms. The van der Waals surface area contributed by atoms with Crippen molar-refractivity contribution in [3.63, 3.8) is 0 Å². The molecular weight excluding hydrogens is 160 g/mol. The van der Waals surface area contributed by atoms with Crippen LogP contribution in [0.2, 0.25) is 0 Å². The lowest BCUT2D eigenvalue weighted by atomic mass is 10.3. The average Bonchev–Trinajstić information content (AvgIpc) is 2.31. The third kappa shape index (κ3) is 3.14. The van der Waals surface area contributed by atoms with Crippen LogP contribution in [0.3, 0.4) is 0 Å². The maximum Gasteiger partial charge on any atom is 0.0740 e. The molecule has 64 valence electrons. The third-order valence-electron chi connectivity index (χ3n) is 1.92. The lowest BCUT2D eigenvalue weighted by Gasteiger charge is -2.13. The van der Waals surface area contributed by atoms with Gasteiger partial charge in [0.05, 0.1) is 11.1 Å². The van der Waals surface area contributed by atoms with Crippen molar-refractivity contribution >= 4 is 17.2 Å². The zero-order chi connectivity index (χ0) is 8.27. The minimum Gasteiger partial charge on any atom is -0.393 e. The Kier molecular flexibility index (Phi) is 3.23. The fraction of sp³-hybridized carbons (Fsp3) is 0.857. The van der Waals surface area contributed by atoms with E-state index in [9.17, 15) is 0 Å². The number of β-amino-alcohol motifs (C(OH)–C–C–N with tert-alkyl or cyclic N) is 1. The van der Waals surface area contributed by atoms with E-state index in [4.69, 9.17) is 23.1 Å². The van der Waals surface area contributed by atoms with Gasteiger partial charge in [0, 0.05) is 26.1 Å². The van der Waals surface area contributed by atoms with Gasteiger partial charge in [0.2, 0.25) is 0 Å². The van der Waals surface area contributed by atoms with E-state index >= 15 is 0 Å². The number of nitrogens with zero attached hydrogens (tertiary/aromatic N) is 1. The zero-order valence-corrected chi connectivity index (χ0v) is 7.31. The summed E-state index contributed by atoms with van der Waals surface area (Å²) in [5.74, 6) is 0. The number of aliphatic hydroxyl groups excluding tert-OH is 1. The minimum atomic E-state index is -0.138. The summed E-state index contributed by atoms with van der Waals surface area (Å²) in [7, 11) is 0. The normalized spacial score (nSPS) is 25.7. The maximum atomic E-state index is 9.16. The highest BCUT2D eigenvalue weighted by atomic mass is 32.1. The molecule has 0 saturated carbocycles. The molecule has 1 atom stereocenters. The van der Waals surface area contributed by atoms with Crippen molar-refractivity contribution in [2.45, 2.75) is 18.9 Å². The molecule has 0 bridgehead atoms. The SMILES string of the molecule is NC(=S)CCN1CCC(O)C1. The molecule has 0 aromatic carbocycles. The highest BCUT2D eigenvalue weighted by Gasteiger charge is 2.19. The summed E-state index contributed by atoms with van der Waals surface area (Å²) in [5.41, 5.74) is 5.35. The van der Waals surface area contributed by atoms with Gasteiger partial charge in [0.15, 0.2) is 0 Å². The number of nitrogens with two attached hydrogens (primary N) is 1. The van der Waals surface area contributed by atoms with Crippen molar-refractivity contribution in [3.8, 4) is 0 Å². The lowest BCUT2D eigenvalue weighted by Crippen LogP contribution is -2.26. The van der Waals surface area contributed by atoms with Crippen molar-refractivity contribution in [2.24, 2.45) is 5.73 Å². The van der Waals surface area contributed by atoms with Gasteiger partial charge in [-0.25, -0.2) is 0 Å². The summed E-state index contributed by atoms with van der Waals surface area (Å²) in [4.78, 5) is 2.75. The highest BCUT2D eigenvalue weighted by Crippen LogP contribution is 2.08. The van der Waals surface area contributed by atoms with Crippen LogP contribution in [0.25, 0.3) is 0 Å². The molecule has 0 spiro atoms. The van der Waals surface area contributed by atoms with Crippen molar-refractivity contribution in [1.82, 2.24) is 4.90 Å². The molecule has 1 unspecified atom stereocenters. The first-order chi connectivity index (χ1) is 5.18. The van der Waals surface area contributed by atoms with E-state index in [1.165, 1.54) is 0 Å². The molecule has 4 heteroatoms. The molecule has 0 aliphatic carbocycles. The van der Waals surface area contributed by atoms with Crippen LogP contribution in [0.4, 0.5) is 0 Å². The van der Waals surface area contributed by atoms with Crippen LogP contribution in [-0.2, 0) is 0 Å². The van der Waals surface area contributed by atoms with E-state index in [0.717, 1.165) is 32.5 Å². The first-order valence-electron chi connectivity index (χ1n) is 3.87. The summed E-state index contributed by atoms with van der Waals surface area (Å²) < 4.78 is 0. The fourth-order valence-corrected chi connectivity index (χ4v) is 1.37. The first-order valence-corrected chi connectivity index (χ1v) is 4.28. The Balaban J connectivity index is 2.13. The average molecular weight is 174 g/mol. The highest BCUT2D eigenvalue weighted by molar-refractivity contribution is 7.80. The first kappa shape index (κ1) is 8.90. The second kappa shape index (κ2) is 3.99. The molecule has 1 saturated heterocycles. The van der Waals surface area contributed by atoms with Crippen LogP contribution < -0.4 is 5.73 Å². The van der Waals surface area contributed by atoms with Crippen LogP contribution in [0.5, 0.6) is 0 Å². The summed E-state index contributed by atoms with van der Waals surface area (Å²) in [6, 6.07) is 0. The molecule has 3 N–H and O–H groups in total. The van der Waals surface area contributed by atoms with E-state index < -0.39 is 0 Å². The number of rotatable bonds is 3. The Hall–Kier alpha value is -0.190. The number of aliphatic hydroxyl groups is 1. The van der Waals surface area contributed by atoms with Gasteiger partial charge in [0.25, 0.3) is 0 Å². The second-order valence-corrected chi connectivity index (χ2v) is 3.48. The Morgan fingerprint density at radius 3 is 2.91 bits per heavy atom. The molecule has 0 aromatic heterocycles. The van der Waals surface area contributed by atoms with Crippen LogP contribution in [0, 0.1) is 0 Å². The minimum absolute atomic E-state index is 0.138. The predicted octanol–water partition coefficient (Wildman–Crippen LogP) is -0.271. The molecule has 1 fully saturated rings. The second-order valence-electron chi connectivity index (χ2n) is 2.96. The topological polar surface area (TPSA) is 49.5 Å². The Morgan fingerprint density at radius 1 is 1.73 bits per heavy atom. The summed E-state index contributed by atoms with van der Waals surface area (Å²) >= 11 is 4.75. The van der Waals surface area contributed by atoms with Crippen molar-refractivity contribution in [2.75, 3.05) is 19.6 Å². The fourth-order valence-electron chi connectivity index (χ4n) is 1.28. The van der Waals surface area contributed by atoms with E-state index in [1.54, 1.807) is 0 Å². The third-order valence-corrected chi connectivity index (χ3v) is 2.13. The van der Waals surface area contributed by atoms with Crippen LogP contribution in [-0.4, -0.2) is 40.7 Å². The van der Waals surface area contributed by atoms with Crippen molar-refractivity contribution in [1.29, 1.82) is 0 Å². The quantitative estimate of drug-likeness (QED) is 0.578. The largest absolute Gasteiger partial charge is 0.393 e. The van der Waals surface area contributed by atoms with Gasteiger partial charge in [-0.15, -0.1) is 0 Å². The molecular formula is C7H14N2OS. The standard InChI is InChI=1S/C7H14N2OS/c8-7(11)2-4-9-3-1-6(10)5-9/h6,10H,1-5H2,(H2,8,11). The van der Waals surface area contributed by atoms with Gasteiger partial charge >= 0.3 is 0 Å². The van der Waals surface area contributed by atoms with Gasteiger partial charge in [-0.05, 0) is 6.42 Å². The zero-order valence-electron chi connectivity index (χ0n) is 6.49. The van der Waals surface area contributed by atoms with Crippen LogP contribution >= 0.6 is 12.2 Å². The van der Waals surface area contributed by atoms with Gasteiger partial charge in [-0.3, -0.25) is 0 Å². The van der Waals surface area contributed by atoms with Crippen molar-refractivity contribution in [3.05, 3.63) is 0 Å². The summed E-state index contributed by atoms with van der Waals surface area (Å²) in [6.45, 7) is 2.65. The van der Waals surface area contributed by atoms with E-state index in [1.807, 2.05) is 0 Å². The monoisotopic (exact) mass is 174 g/mol.